The van der Waals surface area contributed by atoms with Gasteiger partial charge in [-0.15, -0.1) is 0 Å². The van der Waals surface area contributed by atoms with E-state index in [4.69, 9.17) is 0 Å². The molecule has 31 heavy (non-hydrogen) atoms. The number of pyridine rings is 1. The first-order chi connectivity index (χ1) is 14.7. The van der Waals surface area contributed by atoms with E-state index in [2.05, 4.69) is 10.3 Å². The zero-order chi connectivity index (χ0) is 22.5. The number of carbonyl (C=O) groups excluding carboxylic acids is 1. The van der Waals surface area contributed by atoms with Crippen molar-refractivity contribution in [1.82, 2.24) is 23.7 Å². The van der Waals surface area contributed by atoms with Crippen molar-refractivity contribution in [2.75, 3.05) is 13.6 Å². The Morgan fingerprint density at radius 2 is 1.84 bits per heavy atom. The van der Waals surface area contributed by atoms with Crippen molar-refractivity contribution >= 4 is 27.0 Å². The number of aromatic nitrogens is 3. The van der Waals surface area contributed by atoms with E-state index in [1.807, 2.05) is 0 Å². The number of hydrogen-bond donors (Lipinski definition) is 1. The third-order valence-corrected chi connectivity index (χ3v) is 7.88. The number of hydrogen-bond acceptors (Lipinski definition) is 5. The van der Waals surface area contributed by atoms with Gasteiger partial charge in [0, 0.05) is 27.7 Å². The molecule has 1 aliphatic heterocycles. The normalized spacial score (nSPS) is 17.4. The Kier molecular flexibility index (Phi) is 5.22. The van der Waals surface area contributed by atoms with Gasteiger partial charge in [-0.1, -0.05) is 0 Å². The highest BCUT2D eigenvalue weighted by Gasteiger charge is 2.37. The second-order valence-corrected chi connectivity index (χ2v) is 9.66. The lowest BCUT2D eigenvalue weighted by Crippen LogP contribution is -2.31. The zero-order valence-electron chi connectivity index (χ0n) is 17.9. The van der Waals surface area contributed by atoms with Gasteiger partial charge in [-0.25, -0.2) is 13.2 Å². The molecule has 164 valence electrons. The molecular weight excluding hydrogens is 418 g/mol. The second kappa shape index (κ2) is 7.61. The van der Waals surface area contributed by atoms with Gasteiger partial charge < -0.3 is 5.32 Å². The Bertz CT molecular complexity index is 1360. The van der Waals surface area contributed by atoms with Crippen LogP contribution in [0.5, 0.6) is 0 Å². The highest BCUT2D eigenvalue weighted by molar-refractivity contribution is 7.89. The van der Waals surface area contributed by atoms with Crippen molar-refractivity contribution in [2.45, 2.75) is 30.7 Å². The minimum atomic E-state index is -3.80. The third kappa shape index (κ3) is 3.35. The van der Waals surface area contributed by atoms with Gasteiger partial charge in [-0.05, 0) is 50.1 Å². The molecule has 1 atom stereocenters. The fourth-order valence-corrected chi connectivity index (χ4v) is 5.94. The van der Waals surface area contributed by atoms with Crippen molar-refractivity contribution < 1.29 is 13.2 Å². The summed E-state index contributed by atoms with van der Waals surface area (Å²) in [7, 11) is 1.04. The Labute approximate surface area is 180 Å². The van der Waals surface area contributed by atoms with Gasteiger partial charge >= 0.3 is 5.69 Å². The fraction of sp³-hybridized carbons (Fsp3) is 0.381. The molecule has 0 saturated carbocycles. The molecule has 10 heteroatoms. The Morgan fingerprint density at radius 1 is 1.13 bits per heavy atom. The smallest absolute Gasteiger partial charge is 0.328 e. The number of fused-ring (bicyclic) bond motifs is 1. The number of imidazole rings is 1. The SMILES string of the molecule is CNC(=O)c1ccc([C@H]2CCCN2S(=O)(=O)c2ccc3c(c2)n(C)c(=O)n3C)nc1C. The van der Waals surface area contributed by atoms with Crippen molar-refractivity contribution in [1.29, 1.82) is 0 Å². The summed E-state index contributed by atoms with van der Waals surface area (Å²) in [5.74, 6) is -0.228. The number of benzene rings is 1. The third-order valence-electron chi connectivity index (χ3n) is 5.97. The van der Waals surface area contributed by atoms with Gasteiger partial charge in [0.2, 0.25) is 10.0 Å². The molecule has 0 unspecified atom stereocenters. The van der Waals surface area contributed by atoms with Crippen LogP contribution >= 0.6 is 0 Å². The van der Waals surface area contributed by atoms with Crippen LogP contribution in [0.1, 0.15) is 40.6 Å². The van der Waals surface area contributed by atoms with Crippen LogP contribution in [0.3, 0.4) is 0 Å². The van der Waals surface area contributed by atoms with E-state index < -0.39 is 16.1 Å². The Hall–Kier alpha value is -2.98. The highest BCUT2D eigenvalue weighted by Crippen LogP contribution is 2.36. The molecule has 4 rings (SSSR count). The number of nitrogens with one attached hydrogen (secondary N) is 1. The first-order valence-electron chi connectivity index (χ1n) is 10.0. The van der Waals surface area contributed by atoms with Gasteiger partial charge in [0.25, 0.3) is 5.91 Å². The maximum absolute atomic E-state index is 13.5. The fourth-order valence-electron chi connectivity index (χ4n) is 4.25. The molecule has 0 spiro atoms. The molecule has 9 nitrogen and oxygen atoms in total. The molecule has 0 bridgehead atoms. The number of nitrogens with zero attached hydrogens (tertiary/aromatic N) is 4. The molecule has 0 aliphatic carbocycles. The maximum atomic E-state index is 13.5. The molecule has 2 aromatic heterocycles. The molecule has 1 saturated heterocycles. The molecule has 1 N–H and O–H groups in total. The first kappa shape index (κ1) is 21.3. The summed E-state index contributed by atoms with van der Waals surface area (Å²) in [6.07, 6.45) is 1.37. The summed E-state index contributed by atoms with van der Waals surface area (Å²) in [4.78, 5) is 28.8. The van der Waals surface area contributed by atoms with Crippen molar-refractivity contribution in [2.24, 2.45) is 14.1 Å². The summed E-state index contributed by atoms with van der Waals surface area (Å²) >= 11 is 0. The average molecular weight is 444 g/mol. The maximum Gasteiger partial charge on any atom is 0.328 e. The van der Waals surface area contributed by atoms with E-state index in [0.29, 0.717) is 47.4 Å². The molecule has 3 heterocycles. The molecule has 1 aliphatic rings. The predicted octanol–water partition coefficient (Wildman–Crippen LogP) is 1.47. The summed E-state index contributed by atoms with van der Waals surface area (Å²) < 4.78 is 31.4. The van der Waals surface area contributed by atoms with Crippen LogP contribution in [-0.2, 0) is 24.1 Å². The number of aryl methyl sites for hydroxylation is 3. The minimum absolute atomic E-state index is 0.145. The monoisotopic (exact) mass is 443 g/mol. The summed E-state index contributed by atoms with van der Waals surface area (Å²) in [6.45, 7) is 2.13. The van der Waals surface area contributed by atoms with Gasteiger partial charge in [0.15, 0.2) is 0 Å². The predicted molar refractivity (Wildman–Crippen MR) is 116 cm³/mol. The number of carbonyl (C=O) groups is 1. The zero-order valence-corrected chi connectivity index (χ0v) is 18.7. The van der Waals surface area contributed by atoms with E-state index in [-0.39, 0.29) is 16.5 Å². The first-order valence-corrected chi connectivity index (χ1v) is 11.5. The van der Waals surface area contributed by atoms with Gasteiger partial charge in [-0.3, -0.25) is 18.9 Å². The lowest BCUT2D eigenvalue weighted by Gasteiger charge is -2.24. The van der Waals surface area contributed by atoms with E-state index in [0.717, 1.165) is 0 Å². The molecule has 3 aromatic rings. The van der Waals surface area contributed by atoms with Crippen LogP contribution in [0.2, 0.25) is 0 Å². The number of amides is 1. The van der Waals surface area contributed by atoms with Crippen LogP contribution in [0.15, 0.2) is 40.0 Å². The van der Waals surface area contributed by atoms with Crippen LogP contribution in [0, 0.1) is 6.92 Å². The van der Waals surface area contributed by atoms with Crippen LogP contribution in [-0.4, -0.2) is 46.3 Å². The van der Waals surface area contributed by atoms with Gasteiger partial charge in [0.1, 0.15) is 0 Å². The van der Waals surface area contributed by atoms with Crippen LogP contribution in [0.25, 0.3) is 11.0 Å². The second-order valence-electron chi connectivity index (χ2n) is 7.77. The van der Waals surface area contributed by atoms with E-state index in [1.54, 1.807) is 58.4 Å². The molecule has 1 amide bonds. The van der Waals surface area contributed by atoms with Crippen molar-refractivity contribution in [3.63, 3.8) is 0 Å². The van der Waals surface area contributed by atoms with E-state index >= 15 is 0 Å². The number of sulfonamides is 1. The molecule has 1 fully saturated rings. The summed E-state index contributed by atoms with van der Waals surface area (Å²) in [5, 5.41) is 2.58. The topological polar surface area (TPSA) is 106 Å². The minimum Gasteiger partial charge on any atom is -0.355 e. The van der Waals surface area contributed by atoms with E-state index in [9.17, 15) is 18.0 Å². The van der Waals surface area contributed by atoms with Crippen molar-refractivity contribution in [3.05, 3.63) is 57.8 Å². The molecule has 1 aromatic carbocycles. The van der Waals surface area contributed by atoms with E-state index in [1.165, 1.54) is 13.4 Å². The Morgan fingerprint density at radius 3 is 2.52 bits per heavy atom. The Balaban J connectivity index is 1.74. The van der Waals surface area contributed by atoms with Gasteiger partial charge in [0.05, 0.1) is 38.9 Å². The molecular formula is C21H25N5O4S. The largest absolute Gasteiger partial charge is 0.355 e. The number of rotatable bonds is 4. The lowest BCUT2D eigenvalue weighted by atomic mass is 10.1. The summed E-state index contributed by atoms with van der Waals surface area (Å²) in [5.41, 5.74) is 2.68. The van der Waals surface area contributed by atoms with Gasteiger partial charge in [-0.2, -0.15) is 4.31 Å². The van der Waals surface area contributed by atoms with Crippen molar-refractivity contribution in [3.8, 4) is 0 Å². The average Bonchev–Trinajstić information content (AvgIpc) is 3.34. The highest BCUT2D eigenvalue weighted by atomic mass is 32.2. The summed E-state index contributed by atoms with van der Waals surface area (Å²) in [6, 6.07) is 7.76. The quantitative estimate of drug-likeness (QED) is 0.657. The van der Waals surface area contributed by atoms with Crippen LogP contribution in [0.4, 0.5) is 0 Å². The van der Waals surface area contributed by atoms with Crippen LogP contribution < -0.4 is 11.0 Å². The molecule has 0 radical (unpaired) electrons. The standard InChI is InChI=1S/C21H25N5O4S/c1-13-15(20(27)22-2)8-9-16(23-13)17-6-5-11-26(17)31(29,30)14-7-10-18-19(12-14)25(4)21(28)24(18)3/h7-10,12,17H,5-6,11H2,1-4H3,(H,22,27)/t17-/m1/s1. The lowest BCUT2D eigenvalue weighted by molar-refractivity contribution is 0.0962.